The Morgan fingerprint density at radius 1 is 1.50 bits per heavy atom. The van der Waals surface area contributed by atoms with Crippen molar-refractivity contribution in [1.29, 1.82) is 0 Å². The predicted octanol–water partition coefficient (Wildman–Crippen LogP) is 2.68. The summed E-state index contributed by atoms with van der Waals surface area (Å²) in [6.45, 7) is 4.07. The molecule has 0 fully saturated rings. The maximum absolute atomic E-state index is 11.7. The monoisotopic (exact) mass is 261 g/mol. The summed E-state index contributed by atoms with van der Waals surface area (Å²) in [5.41, 5.74) is -0.809. The Morgan fingerprint density at radius 3 is 2.56 bits per heavy atom. The molecular formula is C11H16ClNO2S. The summed E-state index contributed by atoms with van der Waals surface area (Å²) < 4.78 is 0.589. The minimum Gasteiger partial charge on any atom is -0.388 e. The molecule has 1 rings (SSSR count). The molecule has 0 saturated carbocycles. The van der Waals surface area contributed by atoms with Crippen molar-refractivity contribution < 1.29 is 9.90 Å². The van der Waals surface area contributed by atoms with Gasteiger partial charge >= 0.3 is 0 Å². The van der Waals surface area contributed by atoms with E-state index in [0.717, 1.165) is 0 Å². The summed E-state index contributed by atoms with van der Waals surface area (Å²) in [5.74, 6) is -0.183. The third-order valence-electron chi connectivity index (χ3n) is 2.69. The van der Waals surface area contributed by atoms with Crippen molar-refractivity contribution in [3.63, 3.8) is 0 Å². The molecule has 0 aliphatic carbocycles. The zero-order chi connectivity index (χ0) is 12.2. The highest BCUT2D eigenvalue weighted by Crippen LogP contribution is 2.21. The molecule has 0 spiro atoms. The molecule has 16 heavy (non-hydrogen) atoms. The number of hydrogen-bond acceptors (Lipinski definition) is 3. The SMILES string of the molecule is CCC(O)(CC)CNC(=O)c1ccc(Cl)s1. The van der Waals surface area contributed by atoms with Gasteiger partial charge in [-0.2, -0.15) is 0 Å². The van der Waals surface area contributed by atoms with Crippen LogP contribution < -0.4 is 5.32 Å². The van der Waals surface area contributed by atoms with E-state index < -0.39 is 5.60 Å². The van der Waals surface area contributed by atoms with Gasteiger partial charge < -0.3 is 10.4 Å². The average Bonchev–Trinajstić information content (AvgIpc) is 2.72. The predicted molar refractivity (Wildman–Crippen MR) is 67.2 cm³/mol. The van der Waals surface area contributed by atoms with Crippen molar-refractivity contribution >= 4 is 28.8 Å². The second-order valence-corrected chi connectivity index (χ2v) is 5.43. The number of rotatable bonds is 5. The van der Waals surface area contributed by atoms with Crippen LogP contribution in [0, 0.1) is 0 Å². The fourth-order valence-electron chi connectivity index (χ4n) is 1.27. The first-order chi connectivity index (χ1) is 7.50. The lowest BCUT2D eigenvalue weighted by atomic mass is 9.98. The van der Waals surface area contributed by atoms with Gasteiger partial charge in [-0.25, -0.2) is 0 Å². The van der Waals surface area contributed by atoms with Crippen molar-refractivity contribution in [1.82, 2.24) is 5.32 Å². The molecule has 0 aliphatic heterocycles. The van der Waals surface area contributed by atoms with Crippen LogP contribution >= 0.6 is 22.9 Å². The lowest BCUT2D eigenvalue weighted by Crippen LogP contribution is -2.41. The van der Waals surface area contributed by atoms with Crippen molar-refractivity contribution in [2.75, 3.05) is 6.54 Å². The molecule has 1 aromatic heterocycles. The van der Waals surface area contributed by atoms with Crippen LogP contribution in [0.25, 0.3) is 0 Å². The van der Waals surface area contributed by atoms with Gasteiger partial charge in [-0.3, -0.25) is 4.79 Å². The van der Waals surface area contributed by atoms with Crippen LogP contribution in [0.15, 0.2) is 12.1 Å². The van der Waals surface area contributed by atoms with Crippen LogP contribution in [0.1, 0.15) is 36.4 Å². The number of thiophene rings is 1. The van der Waals surface area contributed by atoms with Gasteiger partial charge in [0.15, 0.2) is 0 Å². The van der Waals surface area contributed by atoms with Crippen molar-refractivity contribution in [3.05, 3.63) is 21.3 Å². The Bertz CT molecular complexity index is 361. The molecule has 5 heteroatoms. The minimum absolute atomic E-state index is 0.183. The number of carbonyl (C=O) groups is 1. The van der Waals surface area contributed by atoms with Crippen LogP contribution in [0.2, 0.25) is 4.34 Å². The Hall–Kier alpha value is -0.580. The van der Waals surface area contributed by atoms with Crippen LogP contribution in [0.4, 0.5) is 0 Å². The molecule has 2 N–H and O–H groups in total. The second kappa shape index (κ2) is 5.66. The molecule has 0 radical (unpaired) electrons. The van der Waals surface area contributed by atoms with Gasteiger partial charge in [-0.1, -0.05) is 25.4 Å². The fourth-order valence-corrected chi connectivity index (χ4v) is 2.23. The highest BCUT2D eigenvalue weighted by atomic mass is 35.5. The summed E-state index contributed by atoms with van der Waals surface area (Å²) in [4.78, 5) is 12.2. The zero-order valence-corrected chi connectivity index (χ0v) is 11.0. The van der Waals surface area contributed by atoms with Gasteiger partial charge in [0, 0.05) is 6.54 Å². The fraction of sp³-hybridized carbons (Fsp3) is 0.545. The third kappa shape index (κ3) is 3.47. The van der Waals surface area contributed by atoms with E-state index in [1.165, 1.54) is 11.3 Å². The lowest BCUT2D eigenvalue weighted by molar-refractivity contribution is 0.0314. The molecular weight excluding hydrogens is 246 g/mol. The summed E-state index contributed by atoms with van der Waals surface area (Å²) in [5, 5.41) is 12.7. The van der Waals surface area contributed by atoms with E-state index in [2.05, 4.69) is 5.32 Å². The molecule has 1 amide bonds. The highest BCUT2D eigenvalue weighted by molar-refractivity contribution is 7.17. The van der Waals surface area contributed by atoms with E-state index in [4.69, 9.17) is 11.6 Å². The van der Waals surface area contributed by atoms with E-state index in [1.54, 1.807) is 12.1 Å². The summed E-state index contributed by atoms with van der Waals surface area (Å²) in [6.07, 6.45) is 1.24. The number of halogens is 1. The van der Waals surface area contributed by atoms with Crippen LogP contribution in [0.5, 0.6) is 0 Å². The maximum atomic E-state index is 11.7. The molecule has 0 unspecified atom stereocenters. The molecule has 1 heterocycles. The van der Waals surface area contributed by atoms with Crippen molar-refractivity contribution in [3.8, 4) is 0 Å². The summed E-state index contributed by atoms with van der Waals surface area (Å²) in [6, 6.07) is 3.37. The number of carbonyl (C=O) groups excluding carboxylic acids is 1. The molecule has 3 nitrogen and oxygen atoms in total. The molecule has 90 valence electrons. The normalized spacial score (nSPS) is 11.5. The minimum atomic E-state index is -0.809. The Balaban J connectivity index is 2.53. The Morgan fingerprint density at radius 2 is 2.12 bits per heavy atom. The summed E-state index contributed by atoms with van der Waals surface area (Å²) >= 11 is 6.97. The molecule has 0 aromatic carbocycles. The summed E-state index contributed by atoms with van der Waals surface area (Å²) in [7, 11) is 0. The Kier molecular flexibility index (Phi) is 4.77. The molecule has 0 bridgehead atoms. The van der Waals surface area contributed by atoms with E-state index >= 15 is 0 Å². The van der Waals surface area contributed by atoms with Crippen molar-refractivity contribution in [2.24, 2.45) is 0 Å². The topological polar surface area (TPSA) is 49.3 Å². The molecule has 0 atom stereocenters. The van der Waals surface area contributed by atoms with Gasteiger partial charge in [0.05, 0.1) is 14.8 Å². The quantitative estimate of drug-likeness (QED) is 0.856. The van der Waals surface area contributed by atoms with E-state index in [9.17, 15) is 9.90 Å². The highest BCUT2D eigenvalue weighted by Gasteiger charge is 2.23. The van der Waals surface area contributed by atoms with Gasteiger partial charge in [-0.15, -0.1) is 11.3 Å². The standard InChI is InChI=1S/C11H16ClNO2S/c1-3-11(15,4-2)7-13-10(14)8-5-6-9(12)16-8/h5-6,15H,3-4,7H2,1-2H3,(H,13,14). The van der Waals surface area contributed by atoms with E-state index in [-0.39, 0.29) is 12.5 Å². The Labute approximate surface area is 104 Å². The lowest BCUT2D eigenvalue weighted by Gasteiger charge is -2.25. The zero-order valence-electron chi connectivity index (χ0n) is 9.42. The smallest absolute Gasteiger partial charge is 0.261 e. The maximum Gasteiger partial charge on any atom is 0.261 e. The van der Waals surface area contributed by atoms with Crippen LogP contribution in [-0.2, 0) is 0 Å². The number of amides is 1. The van der Waals surface area contributed by atoms with E-state index in [0.29, 0.717) is 22.1 Å². The molecule has 1 aromatic rings. The first-order valence-corrected chi connectivity index (χ1v) is 6.46. The number of nitrogens with one attached hydrogen (secondary N) is 1. The number of hydrogen-bond donors (Lipinski definition) is 2. The first kappa shape index (κ1) is 13.5. The molecule has 0 saturated heterocycles. The second-order valence-electron chi connectivity index (χ2n) is 3.72. The van der Waals surface area contributed by atoms with Crippen molar-refractivity contribution in [2.45, 2.75) is 32.3 Å². The van der Waals surface area contributed by atoms with E-state index in [1.807, 2.05) is 13.8 Å². The number of aliphatic hydroxyl groups is 1. The molecule has 0 aliphatic rings. The van der Waals surface area contributed by atoms with Gasteiger partial charge in [0.25, 0.3) is 5.91 Å². The van der Waals surface area contributed by atoms with Gasteiger partial charge in [0.1, 0.15) is 0 Å². The first-order valence-electron chi connectivity index (χ1n) is 5.26. The average molecular weight is 262 g/mol. The third-order valence-corrected chi connectivity index (χ3v) is 3.92. The van der Waals surface area contributed by atoms with Gasteiger partial charge in [-0.05, 0) is 25.0 Å². The van der Waals surface area contributed by atoms with Crippen LogP contribution in [-0.4, -0.2) is 23.2 Å². The van der Waals surface area contributed by atoms with Gasteiger partial charge in [0.2, 0.25) is 0 Å². The largest absolute Gasteiger partial charge is 0.388 e. The van der Waals surface area contributed by atoms with Crippen LogP contribution in [0.3, 0.4) is 0 Å².